The maximum atomic E-state index is 13.9. The van der Waals surface area contributed by atoms with Crippen LogP contribution in [0, 0.1) is 0 Å². The summed E-state index contributed by atoms with van der Waals surface area (Å²) in [5.41, 5.74) is -8.22. The van der Waals surface area contributed by atoms with Crippen molar-refractivity contribution in [3.8, 4) is 0 Å². The van der Waals surface area contributed by atoms with Gasteiger partial charge in [0.25, 0.3) is 5.78 Å². The Bertz CT molecular complexity index is 602. The van der Waals surface area contributed by atoms with Crippen molar-refractivity contribution in [1.29, 1.82) is 0 Å². The molecule has 0 aromatic rings. The highest BCUT2D eigenvalue weighted by Gasteiger charge is 2.88. The molecule has 0 aliphatic carbocycles. The normalized spacial score (nSPS) is 22.4. The topological polar surface area (TPSA) is 32.3 Å². The van der Waals surface area contributed by atoms with Crippen LogP contribution in [-0.2, 0) is 4.79 Å². The van der Waals surface area contributed by atoms with Crippen molar-refractivity contribution in [3.63, 3.8) is 0 Å². The molecule has 0 spiro atoms. The number of halogens is 11. The molecule has 1 atom stereocenters. The Kier molecular flexibility index (Phi) is 5.27. The fourth-order valence-corrected chi connectivity index (χ4v) is 2.72. The number of Topliss-reactive ketones (excluding diaryl/α,β-unsaturated/α-hetero) is 1. The average Bonchev–Trinajstić information content (AvgIpc) is 2.38. The minimum absolute atomic E-state index is 0.438. The van der Waals surface area contributed by atoms with Crippen LogP contribution in [0.3, 0.4) is 0 Å². The number of carbonyl (C=O) groups is 1. The maximum Gasteiger partial charge on any atom is 0.456 e. The molecule has 0 saturated heterocycles. The van der Waals surface area contributed by atoms with E-state index in [1.807, 2.05) is 5.32 Å². The highest BCUT2D eigenvalue weighted by molar-refractivity contribution is 6.04. The van der Waals surface area contributed by atoms with E-state index >= 15 is 0 Å². The molecule has 0 saturated carbocycles. The van der Waals surface area contributed by atoms with Gasteiger partial charge in [0.2, 0.25) is 5.54 Å². The molecule has 1 heterocycles. The molecule has 0 radical (unpaired) electrons. The van der Waals surface area contributed by atoms with Crippen LogP contribution in [-0.4, -0.2) is 53.8 Å². The predicted octanol–water partition coefficient (Wildman–Crippen LogP) is 3.77. The Morgan fingerprint density at radius 1 is 0.962 bits per heavy atom. The molecule has 1 aliphatic rings. The standard InChI is InChI=1S/C12H11F11N2O/c1-3-24-7-5(6(26)9(13,14)15)8(11(18,19)20,25(7)4-2)10(16,17)12(21,22)23/h24H,3-4H2,1-2H3. The minimum atomic E-state index is -6.88. The lowest BCUT2D eigenvalue weighted by molar-refractivity contribution is -0.377. The summed E-state index contributed by atoms with van der Waals surface area (Å²) in [7, 11) is 0. The molecular weight excluding hydrogens is 397 g/mol. The second kappa shape index (κ2) is 6.15. The molecule has 152 valence electrons. The zero-order valence-electron chi connectivity index (χ0n) is 12.9. The quantitative estimate of drug-likeness (QED) is 0.704. The Balaban J connectivity index is 3.97. The third-order valence-electron chi connectivity index (χ3n) is 3.64. The third-order valence-corrected chi connectivity index (χ3v) is 3.64. The van der Waals surface area contributed by atoms with E-state index in [1.54, 1.807) is 0 Å². The number of ketones is 1. The molecule has 3 nitrogen and oxygen atoms in total. The molecule has 1 N–H and O–H groups in total. The van der Waals surface area contributed by atoms with Gasteiger partial charge < -0.3 is 10.2 Å². The molecule has 0 amide bonds. The Morgan fingerprint density at radius 2 is 1.42 bits per heavy atom. The van der Waals surface area contributed by atoms with Crippen LogP contribution in [0.25, 0.3) is 0 Å². The van der Waals surface area contributed by atoms with Gasteiger partial charge in [0.05, 0.1) is 5.57 Å². The first-order chi connectivity index (χ1) is 11.4. The summed E-state index contributed by atoms with van der Waals surface area (Å²) in [5, 5.41) is 1.82. The number of likely N-dealkylation sites (N-methyl/N-ethyl adjacent to an activating group) is 1. The molecule has 14 heteroatoms. The van der Waals surface area contributed by atoms with Gasteiger partial charge in [-0.05, 0) is 13.8 Å². The van der Waals surface area contributed by atoms with Crippen molar-refractivity contribution in [2.45, 2.75) is 43.8 Å². The molecule has 1 rings (SSSR count). The molecule has 0 aromatic carbocycles. The van der Waals surface area contributed by atoms with Crippen molar-refractivity contribution in [2.75, 3.05) is 13.1 Å². The van der Waals surface area contributed by atoms with Crippen molar-refractivity contribution in [2.24, 2.45) is 0 Å². The average molecular weight is 408 g/mol. The molecular formula is C12H11F11N2O. The lowest BCUT2D eigenvalue weighted by atomic mass is 9.71. The van der Waals surface area contributed by atoms with E-state index < -0.39 is 65.2 Å². The van der Waals surface area contributed by atoms with Gasteiger partial charge in [0, 0.05) is 13.1 Å². The Hall–Kier alpha value is -1.76. The van der Waals surface area contributed by atoms with Crippen molar-refractivity contribution in [1.82, 2.24) is 10.2 Å². The Morgan fingerprint density at radius 3 is 1.69 bits per heavy atom. The lowest BCUT2D eigenvalue weighted by Gasteiger charge is -2.57. The minimum Gasteiger partial charge on any atom is -0.372 e. The molecule has 1 aliphatic heterocycles. The maximum absolute atomic E-state index is 13.9. The summed E-state index contributed by atoms with van der Waals surface area (Å²) in [4.78, 5) is 10.8. The summed E-state index contributed by atoms with van der Waals surface area (Å²) in [5.74, 6) is -11.5. The summed E-state index contributed by atoms with van der Waals surface area (Å²) >= 11 is 0. The van der Waals surface area contributed by atoms with Crippen LogP contribution in [0.5, 0.6) is 0 Å². The third kappa shape index (κ3) is 2.76. The van der Waals surface area contributed by atoms with Gasteiger partial charge in [0.15, 0.2) is 0 Å². The van der Waals surface area contributed by atoms with E-state index in [1.165, 1.54) is 0 Å². The molecule has 0 fully saturated rings. The van der Waals surface area contributed by atoms with E-state index in [4.69, 9.17) is 0 Å². The number of hydrogen-bond acceptors (Lipinski definition) is 3. The molecule has 0 bridgehead atoms. The van der Waals surface area contributed by atoms with Gasteiger partial charge in [-0.1, -0.05) is 0 Å². The van der Waals surface area contributed by atoms with Crippen molar-refractivity contribution < 1.29 is 53.1 Å². The first-order valence-electron chi connectivity index (χ1n) is 6.81. The fourth-order valence-electron chi connectivity index (χ4n) is 2.72. The van der Waals surface area contributed by atoms with Crippen LogP contribution >= 0.6 is 0 Å². The summed E-state index contributed by atoms with van der Waals surface area (Å²) in [6.07, 6.45) is -19.5. The van der Waals surface area contributed by atoms with Gasteiger partial charge in [0.1, 0.15) is 5.82 Å². The van der Waals surface area contributed by atoms with E-state index in [9.17, 15) is 53.1 Å². The largest absolute Gasteiger partial charge is 0.456 e. The number of nitrogens with one attached hydrogen (secondary N) is 1. The summed E-state index contributed by atoms with van der Waals surface area (Å²) < 4.78 is 144. The first kappa shape index (κ1) is 22.3. The van der Waals surface area contributed by atoms with E-state index in [0.717, 1.165) is 13.8 Å². The second-order valence-electron chi connectivity index (χ2n) is 5.11. The number of rotatable bonds is 5. The zero-order chi connectivity index (χ0) is 20.9. The number of alkyl halides is 11. The lowest BCUT2D eigenvalue weighted by Crippen LogP contribution is -2.80. The van der Waals surface area contributed by atoms with E-state index in [-0.39, 0.29) is 0 Å². The smallest absolute Gasteiger partial charge is 0.372 e. The van der Waals surface area contributed by atoms with Crippen LogP contribution in [0.4, 0.5) is 48.3 Å². The highest BCUT2D eigenvalue weighted by Crippen LogP contribution is 2.63. The fraction of sp³-hybridized carbons (Fsp3) is 0.750. The first-order valence-corrected chi connectivity index (χ1v) is 6.81. The van der Waals surface area contributed by atoms with Gasteiger partial charge in [-0.15, -0.1) is 0 Å². The van der Waals surface area contributed by atoms with E-state index in [2.05, 4.69) is 0 Å². The Labute approximate surface area is 138 Å². The molecule has 0 aromatic heterocycles. The monoisotopic (exact) mass is 408 g/mol. The number of carbonyl (C=O) groups excluding carboxylic acids is 1. The second-order valence-corrected chi connectivity index (χ2v) is 5.11. The van der Waals surface area contributed by atoms with Gasteiger partial charge in [-0.2, -0.15) is 48.3 Å². The highest BCUT2D eigenvalue weighted by atomic mass is 19.4. The zero-order valence-corrected chi connectivity index (χ0v) is 12.9. The van der Waals surface area contributed by atoms with E-state index in [0.29, 0.717) is 0 Å². The SMILES string of the molecule is CCNC1=C(C(=O)C(F)(F)F)C(C(F)(F)F)(C(F)(F)C(F)(F)F)N1CC. The number of hydrogen-bond donors (Lipinski definition) is 1. The van der Waals surface area contributed by atoms with Crippen LogP contribution in [0.2, 0.25) is 0 Å². The van der Waals surface area contributed by atoms with Crippen molar-refractivity contribution in [3.05, 3.63) is 11.4 Å². The molecule has 26 heavy (non-hydrogen) atoms. The summed E-state index contributed by atoms with van der Waals surface area (Å²) in [6.45, 7) is 0.235. The van der Waals surface area contributed by atoms with Gasteiger partial charge in [-0.3, -0.25) is 4.79 Å². The summed E-state index contributed by atoms with van der Waals surface area (Å²) in [6, 6.07) is 0. The van der Waals surface area contributed by atoms with Crippen LogP contribution in [0.15, 0.2) is 11.4 Å². The number of nitrogens with zero attached hydrogens (tertiary/aromatic N) is 1. The van der Waals surface area contributed by atoms with Gasteiger partial charge >= 0.3 is 24.5 Å². The van der Waals surface area contributed by atoms with Crippen LogP contribution in [0.1, 0.15) is 13.8 Å². The van der Waals surface area contributed by atoms with Gasteiger partial charge in [-0.25, -0.2) is 0 Å². The van der Waals surface area contributed by atoms with Crippen molar-refractivity contribution >= 4 is 5.78 Å². The molecule has 1 unspecified atom stereocenters. The predicted molar refractivity (Wildman–Crippen MR) is 63.9 cm³/mol. The van der Waals surface area contributed by atoms with Crippen LogP contribution < -0.4 is 5.32 Å².